The predicted molar refractivity (Wildman–Crippen MR) is 107 cm³/mol. The van der Waals surface area contributed by atoms with E-state index in [4.69, 9.17) is 25.8 Å². The van der Waals surface area contributed by atoms with E-state index in [0.717, 1.165) is 16.7 Å². The first-order chi connectivity index (χ1) is 14.0. The van der Waals surface area contributed by atoms with Crippen molar-refractivity contribution in [3.8, 4) is 5.75 Å². The van der Waals surface area contributed by atoms with Gasteiger partial charge in [-0.15, -0.1) is 0 Å². The highest BCUT2D eigenvalue weighted by atomic mass is 35.5. The van der Waals surface area contributed by atoms with Crippen molar-refractivity contribution in [3.05, 3.63) is 63.7 Å². The maximum Gasteiger partial charge on any atom is 0.406 e. The lowest BCUT2D eigenvalue weighted by Crippen LogP contribution is -2.27. The number of hydrogen-bond acceptors (Lipinski definition) is 6. The van der Waals surface area contributed by atoms with Gasteiger partial charge in [-0.25, -0.2) is 9.59 Å². The summed E-state index contributed by atoms with van der Waals surface area (Å²) >= 11 is 6.17. The molecule has 2 aromatic rings. The van der Waals surface area contributed by atoms with Crippen LogP contribution in [0.15, 0.2) is 36.4 Å². The molecule has 3 rings (SSSR count). The number of benzene rings is 2. The normalized spacial score (nSPS) is 13.2. The molecular weight excluding hydrogens is 398 g/mol. The van der Waals surface area contributed by atoms with E-state index in [0.29, 0.717) is 29.4 Å². The van der Waals surface area contributed by atoms with Gasteiger partial charge in [0.15, 0.2) is 0 Å². The Labute approximate surface area is 173 Å². The molecule has 0 bridgehead atoms. The van der Waals surface area contributed by atoms with Gasteiger partial charge < -0.3 is 24.3 Å². The van der Waals surface area contributed by atoms with Gasteiger partial charge in [-0.3, -0.25) is 0 Å². The molecule has 1 atom stereocenters. The van der Waals surface area contributed by atoms with Crippen molar-refractivity contribution in [1.82, 2.24) is 5.32 Å². The maximum absolute atomic E-state index is 12.3. The number of carbonyl (C=O) groups is 2. The number of hydrogen-bond donors (Lipinski definition) is 1. The molecule has 0 aromatic heterocycles. The third-order valence-corrected chi connectivity index (χ3v) is 4.78. The molecule has 0 saturated heterocycles. The summed E-state index contributed by atoms with van der Waals surface area (Å²) < 4.78 is 21.2. The van der Waals surface area contributed by atoms with Crippen LogP contribution in [0.5, 0.6) is 5.75 Å². The molecule has 0 saturated carbocycles. The zero-order valence-electron chi connectivity index (χ0n) is 16.2. The highest BCUT2D eigenvalue weighted by Gasteiger charge is 2.26. The number of alkyl carbamates (subject to hydrolysis) is 1. The largest absolute Gasteiger partial charge is 0.493 e. The fourth-order valence-electron chi connectivity index (χ4n) is 3.22. The SMILES string of the molecule is COC(=O)NCCOC(c1cccc(Cl)c1)c1cc2c(c(C(=O)OC)c1)CCO2. The van der Waals surface area contributed by atoms with E-state index in [9.17, 15) is 9.59 Å². The summed E-state index contributed by atoms with van der Waals surface area (Å²) in [5, 5.41) is 3.14. The van der Waals surface area contributed by atoms with Crippen molar-refractivity contribution in [3.63, 3.8) is 0 Å². The molecule has 0 aliphatic carbocycles. The molecule has 0 radical (unpaired) electrons. The highest BCUT2D eigenvalue weighted by molar-refractivity contribution is 6.30. The van der Waals surface area contributed by atoms with Gasteiger partial charge in [0.2, 0.25) is 0 Å². The molecule has 154 valence electrons. The second-order valence-electron chi connectivity index (χ2n) is 6.36. The smallest absolute Gasteiger partial charge is 0.406 e. The number of ether oxygens (including phenoxy) is 4. The van der Waals surface area contributed by atoms with Gasteiger partial charge in [-0.05, 0) is 35.4 Å². The minimum atomic E-state index is -0.535. The topological polar surface area (TPSA) is 83.1 Å². The lowest BCUT2D eigenvalue weighted by Gasteiger charge is -2.21. The van der Waals surface area contributed by atoms with Crippen molar-refractivity contribution in [1.29, 1.82) is 0 Å². The number of rotatable bonds is 7. The Balaban J connectivity index is 1.93. The lowest BCUT2D eigenvalue weighted by molar-refractivity contribution is 0.0597. The zero-order chi connectivity index (χ0) is 20.8. The molecule has 1 heterocycles. The first-order valence-corrected chi connectivity index (χ1v) is 9.48. The first kappa shape index (κ1) is 21.0. The van der Waals surface area contributed by atoms with Crippen LogP contribution < -0.4 is 10.1 Å². The third-order valence-electron chi connectivity index (χ3n) is 4.54. The van der Waals surface area contributed by atoms with Crippen molar-refractivity contribution >= 4 is 23.7 Å². The Morgan fingerprint density at radius 2 is 2.00 bits per heavy atom. The Kier molecular flexibility index (Phi) is 6.95. The summed E-state index contributed by atoms with van der Waals surface area (Å²) in [6.45, 7) is 0.987. The molecule has 29 heavy (non-hydrogen) atoms. The number of halogens is 1. The van der Waals surface area contributed by atoms with Crippen LogP contribution in [-0.4, -0.2) is 46.0 Å². The zero-order valence-corrected chi connectivity index (χ0v) is 17.0. The Bertz CT molecular complexity index is 901. The molecule has 1 amide bonds. The molecular formula is C21H22ClNO6. The van der Waals surface area contributed by atoms with Crippen LogP contribution in [0.1, 0.15) is 33.2 Å². The van der Waals surface area contributed by atoms with Crippen LogP contribution in [0.25, 0.3) is 0 Å². The van der Waals surface area contributed by atoms with E-state index >= 15 is 0 Å². The molecule has 1 aliphatic rings. The standard InChI is InChI=1S/C21H22ClNO6/c1-26-20(24)17-11-14(12-18-16(17)6-8-28-18)19(13-4-3-5-15(22)10-13)29-9-7-23-21(25)27-2/h3-5,10-12,19H,6-9H2,1-2H3,(H,23,25). The first-order valence-electron chi connectivity index (χ1n) is 9.10. The number of fused-ring (bicyclic) bond motifs is 1. The van der Waals surface area contributed by atoms with E-state index < -0.39 is 18.2 Å². The minimum absolute atomic E-state index is 0.220. The monoisotopic (exact) mass is 419 g/mol. The molecule has 0 fully saturated rings. The summed E-state index contributed by atoms with van der Waals surface area (Å²) in [5.74, 6) is 0.219. The average molecular weight is 420 g/mol. The molecule has 0 spiro atoms. The lowest BCUT2D eigenvalue weighted by atomic mass is 9.95. The molecule has 1 unspecified atom stereocenters. The van der Waals surface area contributed by atoms with E-state index in [2.05, 4.69) is 10.1 Å². The van der Waals surface area contributed by atoms with Gasteiger partial charge in [0, 0.05) is 23.6 Å². The number of methoxy groups -OCH3 is 2. The second-order valence-corrected chi connectivity index (χ2v) is 6.80. The van der Waals surface area contributed by atoms with Crippen molar-refractivity contribution in [2.45, 2.75) is 12.5 Å². The van der Waals surface area contributed by atoms with Crippen LogP contribution in [-0.2, 0) is 20.6 Å². The Morgan fingerprint density at radius 1 is 1.17 bits per heavy atom. The van der Waals surface area contributed by atoms with Gasteiger partial charge in [-0.1, -0.05) is 23.7 Å². The van der Waals surface area contributed by atoms with Crippen LogP contribution in [0.3, 0.4) is 0 Å². The van der Waals surface area contributed by atoms with E-state index in [-0.39, 0.29) is 13.2 Å². The second kappa shape index (κ2) is 9.62. The Morgan fingerprint density at radius 3 is 2.72 bits per heavy atom. The van der Waals surface area contributed by atoms with E-state index in [1.807, 2.05) is 18.2 Å². The number of amides is 1. The third kappa shape index (κ3) is 4.99. The highest BCUT2D eigenvalue weighted by Crippen LogP contribution is 2.36. The van der Waals surface area contributed by atoms with Crippen LogP contribution in [0, 0.1) is 0 Å². The minimum Gasteiger partial charge on any atom is -0.493 e. The van der Waals surface area contributed by atoms with Gasteiger partial charge in [-0.2, -0.15) is 0 Å². The van der Waals surface area contributed by atoms with Crippen molar-refractivity contribution < 1.29 is 28.5 Å². The number of nitrogens with one attached hydrogen (secondary N) is 1. The summed E-state index contributed by atoms with van der Waals surface area (Å²) in [6.07, 6.45) is -0.413. The molecule has 1 aliphatic heterocycles. The quantitative estimate of drug-likeness (QED) is 0.546. The Hall–Kier alpha value is -2.77. The van der Waals surface area contributed by atoms with Gasteiger partial charge in [0.1, 0.15) is 11.9 Å². The molecule has 8 heteroatoms. The molecule has 7 nitrogen and oxygen atoms in total. The fraction of sp³-hybridized carbons (Fsp3) is 0.333. The van der Waals surface area contributed by atoms with Crippen molar-refractivity contribution in [2.75, 3.05) is 34.0 Å². The molecule has 1 N–H and O–H groups in total. The number of carbonyl (C=O) groups excluding carboxylic acids is 2. The fourth-order valence-corrected chi connectivity index (χ4v) is 3.42. The van der Waals surface area contributed by atoms with Crippen LogP contribution >= 0.6 is 11.6 Å². The predicted octanol–water partition coefficient (Wildman–Crippen LogP) is 3.52. The van der Waals surface area contributed by atoms with Crippen LogP contribution in [0.4, 0.5) is 4.79 Å². The van der Waals surface area contributed by atoms with E-state index in [1.165, 1.54) is 14.2 Å². The summed E-state index contributed by atoms with van der Waals surface area (Å²) in [5.41, 5.74) is 2.83. The average Bonchev–Trinajstić information content (AvgIpc) is 3.20. The molecule has 2 aromatic carbocycles. The van der Waals surface area contributed by atoms with Crippen molar-refractivity contribution in [2.24, 2.45) is 0 Å². The summed E-state index contributed by atoms with van der Waals surface area (Å²) in [4.78, 5) is 23.6. The maximum atomic E-state index is 12.3. The summed E-state index contributed by atoms with van der Waals surface area (Å²) in [6, 6.07) is 10.9. The summed E-state index contributed by atoms with van der Waals surface area (Å²) in [7, 11) is 2.64. The number of esters is 1. The van der Waals surface area contributed by atoms with Gasteiger partial charge in [0.05, 0.1) is 33.0 Å². The van der Waals surface area contributed by atoms with Gasteiger partial charge >= 0.3 is 12.1 Å². The van der Waals surface area contributed by atoms with Crippen LogP contribution in [0.2, 0.25) is 5.02 Å². The van der Waals surface area contributed by atoms with E-state index in [1.54, 1.807) is 18.2 Å². The van der Waals surface area contributed by atoms with Gasteiger partial charge in [0.25, 0.3) is 0 Å².